The molecular weight excluding hydrogens is 222 g/mol. The van der Waals surface area contributed by atoms with E-state index in [0.717, 1.165) is 0 Å². The first-order valence-electron chi connectivity index (χ1n) is 5.06. The van der Waals surface area contributed by atoms with Gasteiger partial charge in [-0.3, -0.25) is 5.10 Å². The lowest BCUT2D eigenvalue weighted by atomic mass is 10.2. The van der Waals surface area contributed by atoms with E-state index in [4.69, 9.17) is 10.5 Å². The van der Waals surface area contributed by atoms with Gasteiger partial charge in [-0.2, -0.15) is 5.10 Å². The molecule has 17 heavy (non-hydrogen) atoms. The monoisotopic (exact) mass is 235 g/mol. The summed E-state index contributed by atoms with van der Waals surface area (Å²) in [5, 5.41) is 6.83. The van der Waals surface area contributed by atoms with Crippen LogP contribution in [0.3, 0.4) is 0 Å². The topological polar surface area (TPSA) is 107 Å². The Morgan fingerprint density at radius 2 is 2.12 bits per heavy atom. The standard InChI is InChI=1S/C10H13N5O2/c1-10(2,3)17-9(16)6-5-7(11)12-4-13-8(5)15-14-6/h4H,1-3H3,(H3,11,12,13,14,15). The minimum Gasteiger partial charge on any atom is -0.455 e. The molecule has 90 valence electrons. The van der Waals surface area contributed by atoms with Gasteiger partial charge in [0.1, 0.15) is 17.7 Å². The number of anilines is 1. The summed E-state index contributed by atoms with van der Waals surface area (Å²) in [6, 6.07) is 0. The highest BCUT2D eigenvalue weighted by atomic mass is 16.6. The van der Waals surface area contributed by atoms with E-state index in [1.165, 1.54) is 6.33 Å². The second-order valence-electron chi connectivity index (χ2n) is 4.56. The van der Waals surface area contributed by atoms with Crippen LogP contribution in [0.25, 0.3) is 11.0 Å². The number of hydrogen-bond donors (Lipinski definition) is 2. The van der Waals surface area contributed by atoms with Crippen LogP contribution in [0.15, 0.2) is 6.33 Å². The smallest absolute Gasteiger partial charge is 0.357 e. The van der Waals surface area contributed by atoms with Gasteiger partial charge in [0, 0.05) is 0 Å². The molecule has 0 unspecified atom stereocenters. The summed E-state index contributed by atoms with van der Waals surface area (Å²) >= 11 is 0. The van der Waals surface area contributed by atoms with Crippen LogP contribution in [-0.4, -0.2) is 31.7 Å². The van der Waals surface area contributed by atoms with Crippen molar-refractivity contribution in [1.82, 2.24) is 20.2 Å². The van der Waals surface area contributed by atoms with Crippen molar-refractivity contribution in [3.63, 3.8) is 0 Å². The number of nitrogens with one attached hydrogen (secondary N) is 1. The largest absolute Gasteiger partial charge is 0.455 e. The summed E-state index contributed by atoms with van der Waals surface area (Å²) in [7, 11) is 0. The van der Waals surface area contributed by atoms with Crippen LogP contribution in [0.4, 0.5) is 5.82 Å². The zero-order chi connectivity index (χ0) is 12.6. The lowest BCUT2D eigenvalue weighted by molar-refractivity contribution is 0.00651. The zero-order valence-electron chi connectivity index (χ0n) is 9.81. The maximum absolute atomic E-state index is 11.9. The maximum Gasteiger partial charge on any atom is 0.357 e. The van der Waals surface area contributed by atoms with Crippen molar-refractivity contribution >= 4 is 22.8 Å². The van der Waals surface area contributed by atoms with Gasteiger partial charge in [0.25, 0.3) is 0 Å². The number of aromatic amines is 1. The maximum atomic E-state index is 11.9. The number of aromatic nitrogens is 4. The fourth-order valence-electron chi connectivity index (χ4n) is 1.36. The van der Waals surface area contributed by atoms with Crippen molar-refractivity contribution < 1.29 is 9.53 Å². The molecule has 0 fully saturated rings. The van der Waals surface area contributed by atoms with Gasteiger partial charge in [0.2, 0.25) is 0 Å². The Kier molecular flexibility index (Phi) is 2.45. The Balaban J connectivity index is 2.46. The first kappa shape index (κ1) is 11.3. The Morgan fingerprint density at radius 1 is 1.41 bits per heavy atom. The van der Waals surface area contributed by atoms with Gasteiger partial charge in [-0.15, -0.1) is 0 Å². The van der Waals surface area contributed by atoms with Crippen molar-refractivity contribution in [2.24, 2.45) is 0 Å². The molecule has 0 aliphatic heterocycles. The van der Waals surface area contributed by atoms with Crippen molar-refractivity contribution in [2.75, 3.05) is 5.73 Å². The number of nitrogens with two attached hydrogens (primary N) is 1. The molecule has 2 heterocycles. The SMILES string of the molecule is CC(C)(C)OC(=O)c1[nH]nc2ncnc(N)c12. The number of nitrogens with zero attached hydrogens (tertiary/aromatic N) is 3. The number of nitrogen functional groups attached to an aromatic ring is 1. The molecule has 0 aliphatic rings. The highest BCUT2D eigenvalue weighted by Gasteiger charge is 2.23. The van der Waals surface area contributed by atoms with Gasteiger partial charge in [-0.25, -0.2) is 14.8 Å². The molecule has 0 atom stereocenters. The van der Waals surface area contributed by atoms with Gasteiger partial charge in [-0.1, -0.05) is 0 Å². The van der Waals surface area contributed by atoms with Crippen LogP contribution in [0.2, 0.25) is 0 Å². The first-order chi connectivity index (χ1) is 7.88. The van der Waals surface area contributed by atoms with Crippen molar-refractivity contribution in [3.8, 4) is 0 Å². The highest BCUT2D eigenvalue weighted by molar-refractivity contribution is 6.04. The average Bonchev–Trinajstić information content (AvgIpc) is 2.60. The molecule has 2 aromatic rings. The number of carbonyl (C=O) groups is 1. The molecule has 3 N–H and O–H groups in total. The van der Waals surface area contributed by atoms with E-state index in [-0.39, 0.29) is 11.5 Å². The predicted octanol–water partition coefficient (Wildman–Crippen LogP) is 0.890. The molecule has 7 heteroatoms. The Bertz CT molecular complexity index is 570. The van der Waals surface area contributed by atoms with E-state index < -0.39 is 11.6 Å². The van der Waals surface area contributed by atoms with E-state index in [1.54, 1.807) is 20.8 Å². The minimum atomic E-state index is -0.584. The molecule has 0 saturated heterocycles. The fraction of sp³-hybridized carbons (Fsp3) is 0.400. The lowest BCUT2D eigenvalue weighted by Gasteiger charge is -2.18. The van der Waals surface area contributed by atoms with Gasteiger partial charge in [0.05, 0.1) is 5.39 Å². The molecule has 2 rings (SSSR count). The van der Waals surface area contributed by atoms with E-state index in [0.29, 0.717) is 11.0 Å². The number of fused-ring (bicyclic) bond motifs is 1. The third kappa shape index (κ3) is 2.17. The number of ether oxygens (including phenoxy) is 1. The Hall–Kier alpha value is -2.18. The Morgan fingerprint density at radius 3 is 2.76 bits per heavy atom. The van der Waals surface area contributed by atoms with E-state index in [9.17, 15) is 4.79 Å². The van der Waals surface area contributed by atoms with Crippen LogP contribution in [0.1, 0.15) is 31.3 Å². The van der Waals surface area contributed by atoms with Gasteiger partial charge < -0.3 is 10.5 Å². The number of carbonyl (C=O) groups excluding carboxylic acids is 1. The molecule has 0 bridgehead atoms. The van der Waals surface area contributed by atoms with Gasteiger partial charge in [-0.05, 0) is 20.8 Å². The predicted molar refractivity (Wildman–Crippen MR) is 61.3 cm³/mol. The lowest BCUT2D eigenvalue weighted by Crippen LogP contribution is -2.24. The van der Waals surface area contributed by atoms with Crippen molar-refractivity contribution in [1.29, 1.82) is 0 Å². The molecule has 0 aromatic carbocycles. The third-order valence-corrected chi connectivity index (χ3v) is 1.98. The quantitative estimate of drug-likeness (QED) is 0.711. The summed E-state index contributed by atoms with van der Waals surface area (Å²) in [5.41, 5.74) is 5.62. The average molecular weight is 235 g/mol. The van der Waals surface area contributed by atoms with Crippen LogP contribution >= 0.6 is 0 Å². The normalized spacial score (nSPS) is 11.7. The number of hydrogen-bond acceptors (Lipinski definition) is 6. The number of rotatable bonds is 1. The summed E-state index contributed by atoms with van der Waals surface area (Å²) in [6.45, 7) is 5.34. The molecule has 0 spiro atoms. The third-order valence-electron chi connectivity index (χ3n) is 1.98. The molecule has 0 radical (unpaired) electrons. The van der Waals surface area contributed by atoms with Crippen molar-refractivity contribution in [2.45, 2.75) is 26.4 Å². The van der Waals surface area contributed by atoms with Crippen LogP contribution in [0, 0.1) is 0 Å². The summed E-state index contributed by atoms with van der Waals surface area (Å²) < 4.78 is 5.22. The highest BCUT2D eigenvalue weighted by Crippen LogP contribution is 2.21. The fourth-order valence-corrected chi connectivity index (χ4v) is 1.36. The van der Waals surface area contributed by atoms with Crippen LogP contribution < -0.4 is 5.73 Å². The molecule has 7 nitrogen and oxygen atoms in total. The molecule has 0 amide bonds. The minimum absolute atomic E-state index is 0.174. The zero-order valence-corrected chi connectivity index (χ0v) is 9.81. The first-order valence-corrected chi connectivity index (χ1v) is 5.06. The second kappa shape index (κ2) is 3.69. The number of H-pyrrole nitrogens is 1. The molecule has 0 saturated carbocycles. The van der Waals surface area contributed by atoms with E-state index >= 15 is 0 Å². The summed E-state index contributed by atoms with van der Waals surface area (Å²) in [5.74, 6) is -0.328. The molecule has 2 aromatic heterocycles. The van der Waals surface area contributed by atoms with E-state index in [1.807, 2.05) is 0 Å². The second-order valence-corrected chi connectivity index (χ2v) is 4.56. The number of esters is 1. The van der Waals surface area contributed by atoms with Gasteiger partial charge >= 0.3 is 5.97 Å². The molecule has 0 aliphatic carbocycles. The van der Waals surface area contributed by atoms with Crippen LogP contribution in [0.5, 0.6) is 0 Å². The summed E-state index contributed by atoms with van der Waals surface area (Å²) in [6.07, 6.45) is 1.29. The summed E-state index contributed by atoms with van der Waals surface area (Å²) in [4.78, 5) is 19.6. The van der Waals surface area contributed by atoms with Crippen LogP contribution in [-0.2, 0) is 4.74 Å². The van der Waals surface area contributed by atoms with E-state index in [2.05, 4.69) is 20.2 Å². The molecular formula is C10H13N5O2. The Labute approximate surface area is 97.4 Å². The van der Waals surface area contributed by atoms with Gasteiger partial charge in [0.15, 0.2) is 11.3 Å². The van der Waals surface area contributed by atoms with Crippen molar-refractivity contribution in [3.05, 3.63) is 12.0 Å².